The Morgan fingerprint density at radius 2 is 1.94 bits per heavy atom. The molecule has 6 nitrogen and oxygen atoms in total. The van der Waals surface area contributed by atoms with E-state index in [4.69, 9.17) is 0 Å². The molecule has 0 bridgehead atoms. The van der Waals surface area contributed by atoms with Crippen LogP contribution in [-0.4, -0.2) is 60.5 Å². The van der Waals surface area contributed by atoms with E-state index >= 15 is 0 Å². The highest BCUT2D eigenvalue weighted by atomic mass is 32.1. The first-order valence-electron chi connectivity index (χ1n) is 11.4. The number of thiophene rings is 1. The van der Waals surface area contributed by atoms with Crippen molar-refractivity contribution >= 4 is 22.8 Å². The summed E-state index contributed by atoms with van der Waals surface area (Å²) < 4.78 is 0. The van der Waals surface area contributed by atoms with Gasteiger partial charge < -0.3 is 20.1 Å². The van der Waals surface area contributed by atoms with Gasteiger partial charge in [-0.2, -0.15) is 0 Å². The van der Waals surface area contributed by atoms with Gasteiger partial charge in [-0.3, -0.25) is 9.59 Å². The smallest absolute Gasteiger partial charge is 0.253 e. The first-order valence-corrected chi connectivity index (χ1v) is 12.3. The maximum atomic E-state index is 12.9. The summed E-state index contributed by atoms with van der Waals surface area (Å²) in [6.07, 6.45) is 4.32. The Bertz CT molecular complexity index is 1030. The van der Waals surface area contributed by atoms with E-state index in [9.17, 15) is 9.59 Å². The maximum Gasteiger partial charge on any atom is 0.253 e. The average molecular weight is 457 g/mol. The number of aromatic nitrogens is 1. The lowest BCUT2D eigenvalue weighted by Crippen LogP contribution is -2.44. The molecule has 0 atom stereocenters. The second kappa shape index (κ2) is 11.1. The molecule has 0 aliphatic carbocycles. The van der Waals surface area contributed by atoms with E-state index < -0.39 is 0 Å². The standard InChI is InChI=1S/C25H36N4O2S/c1-6-20(8-7-9-29-12-10-28(5)11-13-29)23-19(4)22(16-32-23)24(30)26-15-21-17(2)14-18(3)27-25(21)31/h6,14,16H,7-13,15H2,1-5H3,(H,26,30)(H,27,31)/b20-6-. The quantitative estimate of drug-likeness (QED) is 0.635. The number of likely N-dealkylation sites (N-methyl/N-ethyl adjacent to an activating group) is 1. The summed E-state index contributed by atoms with van der Waals surface area (Å²) in [4.78, 5) is 34.0. The van der Waals surface area contributed by atoms with Gasteiger partial charge in [-0.25, -0.2) is 0 Å². The topological polar surface area (TPSA) is 68.4 Å². The van der Waals surface area contributed by atoms with Gasteiger partial charge in [0.25, 0.3) is 11.5 Å². The number of nitrogens with one attached hydrogen (secondary N) is 2. The Balaban J connectivity index is 1.59. The van der Waals surface area contributed by atoms with Crippen LogP contribution in [0.15, 0.2) is 22.3 Å². The summed E-state index contributed by atoms with van der Waals surface area (Å²) in [6.45, 7) is 13.8. The van der Waals surface area contributed by atoms with Crippen LogP contribution in [0.25, 0.3) is 5.57 Å². The normalized spacial score (nSPS) is 15.8. The van der Waals surface area contributed by atoms with E-state index in [1.807, 2.05) is 32.2 Å². The van der Waals surface area contributed by atoms with Gasteiger partial charge in [-0.05, 0) is 76.9 Å². The zero-order valence-corrected chi connectivity index (χ0v) is 20.8. The molecule has 3 heterocycles. The number of allylic oxidation sites excluding steroid dienone is 2. The molecule has 2 N–H and O–H groups in total. The number of aromatic amines is 1. The van der Waals surface area contributed by atoms with Gasteiger partial charge in [0.05, 0.1) is 5.56 Å². The van der Waals surface area contributed by atoms with E-state index in [0.29, 0.717) is 11.1 Å². The molecule has 0 spiro atoms. The van der Waals surface area contributed by atoms with E-state index in [0.717, 1.165) is 62.4 Å². The number of rotatable bonds is 8. The van der Waals surface area contributed by atoms with Crippen molar-refractivity contribution in [3.8, 4) is 0 Å². The molecule has 0 radical (unpaired) electrons. The minimum Gasteiger partial charge on any atom is -0.348 e. The summed E-state index contributed by atoms with van der Waals surface area (Å²) >= 11 is 1.64. The molecule has 1 aliphatic rings. The summed E-state index contributed by atoms with van der Waals surface area (Å²) in [5.74, 6) is -0.128. The van der Waals surface area contributed by atoms with Crippen LogP contribution >= 0.6 is 11.3 Å². The molecule has 32 heavy (non-hydrogen) atoms. The molecule has 3 rings (SSSR count). The highest BCUT2D eigenvalue weighted by Crippen LogP contribution is 2.31. The molecule has 1 saturated heterocycles. The second-order valence-corrected chi connectivity index (χ2v) is 9.67. The van der Waals surface area contributed by atoms with Crippen molar-refractivity contribution < 1.29 is 4.79 Å². The lowest BCUT2D eigenvalue weighted by atomic mass is 10.0. The number of pyridine rings is 1. The van der Waals surface area contributed by atoms with Gasteiger partial charge >= 0.3 is 0 Å². The van der Waals surface area contributed by atoms with E-state index in [1.54, 1.807) is 11.3 Å². The molecular formula is C25H36N4O2S. The maximum absolute atomic E-state index is 12.9. The van der Waals surface area contributed by atoms with Crippen LogP contribution in [0.4, 0.5) is 0 Å². The number of nitrogens with zero attached hydrogens (tertiary/aromatic N) is 2. The van der Waals surface area contributed by atoms with Crippen LogP contribution in [0.3, 0.4) is 0 Å². The molecule has 1 aliphatic heterocycles. The van der Waals surface area contributed by atoms with Gasteiger partial charge in [0.15, 0.2) is 0 Å². The van der Waals surface area contributed by atoms with E-state index in [-0.39, 0.29) is 18.0 Å². The Kier molecular flexibility index (Phi) is 8.45. The molecule has 1 amide bonds. The fourth-order valence-electron chi connectivity index (χ4n) is 4.28. The van der Waals surface area contributed by atoms with Crippen molar-refractivity contribution in [2.45, 2.75) is 47.1 Å². The minimum absolute atomic E-state index is 0.128. The first kappa shape index (κ1) is 24.4. The van der Waals surface area contributed by atoms with Crippen LogP contribution in [0.2, 0.25) is 0 Å². The largest absolute Gasteiger partial charge is 0.348 e. The monoisotopic (exact) mass is 456 g/mol. The molecule has 0 aromatic carbocycles. The number of carbonyl (C=O) groups excluding carboxylic acids is 1. The van der Waals surface area contributed by atoms with Gasteiger partial charge in [0.1, 0.15) is 0 Å². The predicted molar refractivity (Wildman–Crippen MR) is 134 cm³/mol. The summed E-state index contributed by atoms with van der Waals surface area (Å²) in [7, 11) is 2.18. The SMILES string of the molecule is C/C=C(/CCCN1CCN(C)CC1)c1scc(C(=O)NCc2c(C)cc(C)[nH]c2=O)c1C. The molecule has 0 unspecified atom stereocenters. The fraction of sp³-hybridized carbons (Fsp3) is 0.520. The third kappa shape index (κ3) is 5.97. The zero-order chi connectivity index (χ0) is 23.3. The number of amides is 1. The van der Waals surface area contributed by atoms with E-state index in [1.165, 1.54) is 10.5 Å². The Morgan fingerprint density at radius 3 is 2.59 bits per heavy atom. The molecular weight excluding hydrogens is 420 g/mol. The number of aryl methyl sites for hydroxylation is 2. The highest BCUT2D eigenvalue weighted by molar-refractivity contribution is 7.11. The highest BCUT2D eigenvalue weighted by Gasteiger charge is 2.18. The molecule has 174 valence electrons. The fourth-order valence-corrected chi connectivity index (χ4v) is 5.45. The summed E-state index contributed by atoms with van der Waals surface area (Å²) in [5, 5.41) is 4.88. The molecule has 7 heteroatoms. The third-order valence-corrected chi connectivity index (χ3v) is 7.52. The predicted octanol–water partition coefficient (Wildman–Crippen LogP) is 3.72. The van der Waals surface area contributed by atoms with Crippen LogP contribution in [0, 0.1) is 20.8 Å². The average Bonchev–Trinajstić information content (AvgIpc) is 3.13. The molecule has 0 saturated carbocycles. The summed E-state index contributed by atoms with van der Waals surface area (Å²) in [5.41, 5.74) is 5.22. The van der Waals surface area contributed by atoms with Crippen molar-refractivity contribution in [2.24, 2.45) is 0 Å². The number of carbonyl (C=O) groups is 1. The Labute approximate surface area is 195 Å². The number of H-pyrrole nitrogens is 1. The van der Waals surface area contributed by atoms with E-state index in [2.05, 4.69) is 40.1 Å². The Hall–Kier alpha value is -2.22. The van der Waals surface area contributed by atoms with Crippen molar-refractivity contribution in [1.82, 2.24) is 20.1 Å². The van der Waals surface area contributed by atoms with Gasteiger partial charge in [0, 0.05) is 54.2 Å². The molecule has 1 fully saturated rings. The van der Waals surface area contributed by atoms with Crippen molar-refractivity contribution in [3.05, 3.63) is 60.7 Å². The van der Waals surface area contributed by atoms with Crippen LogP contribution in [0.1, 0.15) is 57.4 Å². The first-order chi connectivity index (χ1) is 15.3. The zero-order valence-electron chi connectivity index (χ0n) is 20.0. The lowest BCUT2D eigenvalue weighted by Gasteiger charge is -2.32. The molecule has 2 aromatic rings. The molecule has 2 aromatic heterocycles. The van der Waals surface area contributed by atoms with Gasteiger partial charge in [0.2, 0.25) is 0 Å². The number of piperazine rings is 1. The van der Waals surface area contributed by atoms with Crippen molar-refractivity contribution in [1.29, 1.82) is 0 Å². The van der Waals surface area contributed by atoms with Crippen molar-refractivity contribution in [2.75, 3.05) is 39.8 Å². The second-order valence-electron chi connectivity index (χ2n) is 8.79. The van der Waals surface area contributed by atoms with Crippen molar-refractivity contribution in [3.63, 3.8) is 0 Å². The van der Waals surface area contributed by atoms with Crippen LogP contribution < -0.4 is 10.9 Å². The minimum atomic E-state index is -0.137. The van der Waals surface area contributed by atoms with Crippen LogP contribution in [-0.2, 0) is 6.54 Å². The third-order valence-electron chi connectivity index (χ3n) is 6.36. The van der Waals surface area contributed by atoms with Gasteiger partial charge in [-0.1, -0.05) is 6.08 Å². The lowest BCUT2D eigenvalue weighted by molar-refractivity contribution is 0.0950. The Morgan fingerprint density at radius 1 is 1.22 bits per heavy atom. The number of hydrogen-bond donors (Lipinski definition) is 2. The van der Waals surface area contributed by atoms with Gasteiger partial charge in [-0.15, -0.1) is 11.3 Å². The van der Waals surface area contributed by atoms with Crippen LogP contribution in [0.5, 0.6) is 0 Å². The summed E-state index contributed by atoms with van der Waals surface area (Å²) in [6, 6.07) is 1.93. The number of hydrogen-bond acceptors (Lipinski definition) is 5.